The number of allylic oxidation sites excluding steroid dienone is 2. The highest BCUT2D eigenvalue weighted by Crippen LogP contribution is 2.41. The number of hydrogen-bond donors (Lipinski definition) is 2. The number of carboxylic acid groups (broad SMARTS) is 1. The molecule has 0 bridgehead atoms. The van der Waals surface area contributed by atoms with Gasteiger partial charge in [0.25, 0.3) is 0 Å². The van der Waals surface area contributed by atoms with E-state index in [1.54, 1.807) is 50.2 Å². The first-order valence-electron chi connectivity index (χ1n) is 10.4. The van der Waals surface area contributed by atoms with Crippen molar-refractivity contribution in [3.8, 4) is 5.75 Å². The number of nitrogens with one attached hydrogen (secondary N) is 1. The van der Waals surface area contributed by atoms with Gasteiger partial charge in [0.2, 0.25) is 0 Å². The Labute approximate surface area is 202 Å². The lowest BCUT2D eigenvalue weighted by Crippen LogP contribution is -2.33. The van der Waals surface area contributed by atoms with Crippen LogP contribution in [0.4, 0.5) is 0 Å². The topological polar surface area (TPSA) is 84.9 Å². The summed E-state index contributed by atoms with van der Waals surface area (Å²) in [6.07, 6.45) is 0.00848. The highest BCUT2D eigenvalue weighted by Gasteiger charge is 2.38. The molecular formula is C25H25Cl2NO5. The summed E-state index contributed by atoms with van der Waals surface area (Å²) in [4.78, 5) is 25.4. The number of aliphatic carboxylic acids is 1. The van der Waals surface area contributed by atoms with Crippen LogP contribution in [0.2, 0.25) is 5.02 Å². The standard InChI is InChI=1S/C25H25Cl2NO5/c1-15-21(24(29)30)23(19-10-6-7-11-20(19)27)22(16(2)28-15)25(31)32-14-18(12-13-26)33-17-8-4-3-5-9-17/h3-11,18,23,28H,12-14H2,1-2H3,(H,29,30). The van der Waals surface area contributed by atoms with Crippen molar-refractivity contribution in [2.24, 2.45) is 0 Å². The summed E-state index contributed by atoms with van der Waals surface area (Å²) in [6.45, 7) is 3.32. The van der Waals surface area contributed by atoms with Crippen LogP contribution >= 0.6 is 23.2 Å². The van der Waals surface area contributed by atoms with E-state index in [9.17, 15) is 14.7 Å². The lowest BCUT2D eigenvalue weighted by Gasteiger charge is -2.30. The Morgan fingerprint density at radius 1 is 1.03 bits per heavy atom. The molecule has 0 spiro atoms. The molecule has 1 aliphatic rings. The van der Waals surface area contributed by atoms with Crippen molar-refractivity contribution < 1.29 is 24.2 Å². The van der Waals surface area contributed by atoms with Crippen LogP contribution in [0.1, 0.15) is 31.7 Å². The minimum Gasteiger partial charge on any atom is -0.487 e. The van der Waals surface area contributed by atoms with E-state index in [-0.39, 0.29) is 17.8 Å². The average molecular weight is 490 g/mol. The maximum atomic E-state index is 13.3. The maximum absolute atomic E-state index is 13.3. The quantitative estimate of drug-likeness (QED) is 0.368. The number of carbonyl (C=O) groups is 2. The molecule has 0 amide bonds. The number of halogens is 2. The third-order valence-electron chi connectivity index (χ3n) is 5.30. The second-order valence-corrected chi connectivity index (χ2v) is 8.38. The lowest BCUT2D eigenvalue weighted by atomic mass is 9.80. The zero-order valence-corrected chi connectivity index (χ0v) is 19.8. The number of benzene rings is 2. The Morgan fingerprint density at radius 3 is 2.30 bits per heavy atom. The number of rotatable bonds is 9. The number of carbonyl (C=O) groups excluding carboxylic acids is 1. The fourth-order valence-corrected chi connectivity index (χ4v) is 4.29. The van der Waals surface area contributed by atoms with Gasteiger partial charge in [-0.25, -0.2) is 9.59 Å². The molecule has 2 atom stereocenters. The van der Waals surface area contributed by atoms with Gasteiger partial charge < -0.3 is 19.9 Å². The van der Waals surface area contributed by atoms with Crippen molar-refractivity contribution in [2.75, 3.05) is 12.5 Å². The Morgan fingerprint density at radius 2 is 1.67 bits per heavy atom. The van der Waals surface area contributed by atoms with E-state index in [1.807, 2.05) is 18.2 Å². The molecule has 0 radical (unpaired) electrons. The number of esters is 1. The summed E-state index contributed by atoms with van der Waals surface area (Å²) < 4.78 is 11.5. The van der Waals surface area contributed by atoms with Gasteiger partial charge in [0.1, 0.15) is 18.5 Å². The second-order valence-electron chi connectivity index (χ2n) is 7.59. The molecule has 8 heteroatoms. The lowest BCUT2D eigenvalue weighted by molar-refractivity contribution is -0.141. The van der Waals surface area contributed by atoms with Crippen molar-refractivity contribution in [1.82, 2.24) is 5.32 Å². The van der Waals surface area contributed by atoms with Gasteiger partial charge in [-0.1, -0.05) is 48.0 Å². The van der Waals surface area contributed by atoms with Gasteiger partial charge in [0.05, 0.1) is 17.1 Å². The van der Waals surface area contributed by atoms with Gasteiger partial charge in [0.15, 0.2) is 0 Å². The van der Waals surface area contributed by atoms with E-state index in [2.05, 4.69) is 5.32 Å². The van der Waals surface area contributed by atoms with E-state index >= 15 is 0 Å². The van der Waals surface area contributed by atoms with Gasteiger partial charge in [-0.05, 0) is 37.6 Å². The average Bonchev–Trinajstić information content (AvgIpc) is 2.77. The molecule has 2 aromatic carbocycles. The number of ether oxygens (including phenoxy) is 2. The van der Waals surface area contributed by atoms with Crippen LogP contribution in [-0.2, 0) is 14.3 Å². The summed E-state index contributed by atoms with van der Waals surface area (Å²) in [5, 5.41) is 13.3. The summed E-state index contributed by atoms with van der Waals surface area (Å²) in [6, 6.07) is 16.0. The molecule has 2 unspecified atom stereocenters. The third-order valence-corrected chi connectivity index (χ3v) is 5.87. The first kappa shape index (κ1) is 24.7. The van der Waals surface area contributed by atoms with Crippen molar-refractivity contribution in [3.63, 3.8) is 0 Å². The largest absolute Gasteiger partial charge is 0.487 e. The molecule has 0 saturated heterocycles. The Kier molecular flexibility index (Phi) is 8.42. The third kappa shape index (κ3) is 5.89. The van der Waals surface area contributed by atoms with Crippen LogP contribution in [0, 0.1) is 0 Å². The SMILES string of the molecule is CC1=C(C(=O)O)C(c2ccccc2Cl)C(C(=O)OCC(CCCl)Oc2ccccc2)=C(C)N1. The smallest absolute Gasteiger partial charge is 0.336 e. The molecule has 2 N–H and O–H groups in total. The van der Waals surface area contributed by atoms with E-state index in [0.29, 0.717) is 40.0 Å². The molecule has 1 aliphatic heterocycles. The van der Waals surface area contributed by atoms with Gasteiger partial charge in [-0.2, -0.15) is 0 Å². The fraction of sp³-hybridized carbons (Fsp3) is 0.280. The number of alkyl halides is 1. The van der Waals surface area contributed by atoms with E-state index in [0.717, 1.165) is 0 Å². The van der Waals surface area contributed by atoms with Crippen LogP contribution in [0.15, 0.2) is 77.1 Å². The minimum absolute atomic E-state index is 0.0403. The highest BCUT2D eigenvalue weighted by atomic mass is 35.5. The zero-order valence-electron chi connectivity index (χ0n) is 18.3. The number of para-hydroxylation sites is 1. The van der Waals surface area contributed by atoms with Gasteiger partial charge >= 0.3 is 11.9 Å². The van der Waals surface area contributed by atoms with E-state index < -0.39 is 24.0 Å². The Bertz CT molecular complexity index is 1080. The molecule has 33 heavy (non-hydrogen) atoms. The van der Waals surface area contributed by atoms with Crippen LogP contribution < -0.4 is 10.1 Å². The highest BCUT2D eigenvalue weighted by molar-refractivity contribution is 6.31. The second kappa shape index (κ2) is 11.3. The normalized spacial score (nSPS) is 16.8. The first-order valence-corrected chi connectivity index (χ1v) is 11.4. The van der Waals surface area contributed by atoms with Crippen molar-refractivity contribution in [3.05, 3.63) is 87.7 Å². The van der Waals surface area contributed by atoms with Gasteiger partial charge in [-0.3, -0.25) is 0 Å². The van der Waals surface area contributed by atoms with Gasteiger partial charge in [0, 0.05) is 28.7 Å². The predicted octanol–water partition coefficient (Wildman–Crippen LogP) is 5.28. The molecule has 3 rings (SSSR count). The number of dihydropyridines is 1. The molecule has 0 aliphatic carbocycles. The number of hydrogen-bond acceptors (Lipinski definition) is 5. The maximum Gasteiger partial charge on any atom is 0.336 e. The molecule has 0 saturated carbocycles. The van der Waals surface area contributed by atoms with Crippen molar-refractivity contribution >= 4 is 35.1 Å². The Balaban J connectivity index is 1.88. The summed E-state index contributed by atoms with van der Waals surface area (Å²) >= 11 is 12.3. The summed E-state index contributed by atoms with van der Waals surface area (Å²) in [5.74, 6) is -1.71. The summed E-state index contributed by atoms with van der Waals surface area (Å²) in [5.41, 5.74) is 1.69. The predicted molar refractivity (Wildman–Crippen MR) is 128 cm³/mol. The Hall–Kier alpha value is -2.96. The molecule has 2 aromatic rings. The molecule has 1 heterocycles. The van der Waals surface area contributed by atoms with Gasteiger partial charge in [-0.15, -0.1) is 11.6 Å². The molecule has 0 aromatic heterocycles. The zero-order chi connectivity index (χ0) is 24.0. The summed E-state index contributed by atoms with van der Waals surface area (Å²) in [7, 11) is 0. The van der Waals surface area contributed by atoms with Crippen LogP contribution in [0.3, 0.4) is 0 Å². The van der Waals surface area contributed by atoms with Crippen LogP contribution in [0.5, 0.6) is 5.75 Å². The molecule has 0 fully saturated rings. The van der Waals surface area contributed by atoms with E-state index in [1.165, 1.54) is 0 Å². The minimum atomic E-state index is -1.14. The van der Waals surface area contributed by atoms with Crippen LogP contribution in [-0.4, -0.2) is 35.6 Å². The molecule has 174 valence electrons. The number of carboxylic acids is 1. The monoisotopic (exact) mass is 489 g/mol. The molecule has 6 nitrogen and oxygen atoms in total. The fourth-order valence-electron chi connectivity index (χ4n) is 3.80. The van der Waals surface area contributed by atoms with Crippen LogP contribution in [0.25, 0.3) is 0 Å². The van der Waals surface area contributed by atoms with E-state index in [4.69, 9.17) is 32.7 Å². The van der Waals surface area contributed by atoms with Crippen molar-refractivity contribution in [1.29, 1.82) is 0 Å². The van der Waals surface area contributed by atoms with Crippen molar-refractivity contribution in [2.45, 2.75) is 32.3 Å². The molecular weight excluding hydrogens is 465 g/mol. The first-order chi connectivity index (χ1) is 15.8.